The van der Waals surface area contributed by atoms with Crippen LogP contribution >= 0.6 is 0 Å². The van der Waals surface area contributed by atoms with Crippen LogP contribution in [0, 0.1) is 0 Å². The summed E-state index contributed by atoms with van der Waals surface area (Å²) >= 11 is 0. The summed E-state index contributed by atoms with van der Waals surface area (Å²) in [4.78, 5) is 18.5. The van der Waals surface area contributed by atoms with E-state index in [2.05, 4.69) is 4.98 Å². The molecular weight excluding hydrogens is 332 g/mol. The smallest absolute Gasteiger partial charge is 0.248 e. The molecule has 1 atom stereocenters. The van der Waals surface area contributed by atoms with E-state index < -0.39 is 0 Å². The van der Waals surface area contributed by atoms with Crippen molar-refractivity contribution in [2.75, 3.05) is 33.4 Å². The summed E-state index contributed by atoms with van der Waals surface area (Å²) in [6.45, 7) is 4.02. The first-order valence-corrected chi connectivity index (χ1v) is 9.12. The van der Waals surface area contributed by atoms with Gasteiger partial charge in [-0.3, -0.25) is 4.79 Å². The van der Waals surface area contributed by atoms with Gasteiger partial charge in [0.05, 0.1) is 19.2 Å². The molecule has 2 heterocycles. The minimum atomic E-state index is 0.0431. The molecule has 0 bridgehead atoms. The topological polar surface area (TPSA) is 64.8 Å². The number of aromatic nitrogens is 1. The third-order valence-electron chi connectivity index (χ3n) is 4.66. The fourth-order valence-corrected chi connectivity index (χ4v) is 3.22. The Morgan fingerprint density at radius 2 is 2.15 bits per heavy atom. The van der Waals surface area contributed by atoms with Crippen LogP contribution in [0.15, 0.2) is 34.9 Å². The van der Waals surface area contributed by atoms with Gasteiger partial charge in [0, 0.05) is 26.1 Å². The molecule has 3 rings (SSSR count). The van der Waals surface area contributed by atoms with Crippen molar-refractivity contribution in [3.63, 3.8) is 0 Å². The molecule has 1 aromatic carbocycles. The molecule has 1 amide bonds. The van der Waals surface area contributed by atoms with E-state index in [9.17, 15) is 4.79 Å². The standard InChI is InChI=1S/C20H26N2O4/c1-3-25-14-19(23)22-10-4-5-16(13-22)20-21-12-18(26-20)11-15-6-8-17(24-2)9-7-15/h6-9,12,16H,3-5,10-11,13-14H2,1-2H3/t16-/m1/s1. The van der Waals surface area contributed by atoms with Gasteiger partial charge in [-0.05, 0) is 37.5 Å². The van der Waals surface area contributed by atoms with Crippen LogP contribution in [0.3, 0.4) is 0 Å². The van der Waals surface area contributed by atoms with Crippen LogP contribution in [0.1, 0.15) is 42.9 Å². The first kappa shape index (κ1) is 18.5. The van der Waals surface area contributed by atoms with E-state index >= 15 is 0 Å². The van der Waals surface area contributed by atoms with Gasteiger partial charge in [0.15, 0.2) is 5.89 Å². The first-order valence-electron chi connectivity index (χ1n) is 9.12. The lowest BCUT2D eigenvalue weighted by molar-refractivity contribution is -0.137. The highest BCUT2D eigenvalue weighted by molar-refractivity contribution is 5.77. The van der Waals surface area contributed by atoms with Crippen molar-refractivity contribution in [2.45, 2.75) is 32.1 Å². The number of amides is 1. The number of benzene rings is 1. The average Bonchev–Trinajstić information content (AvgIpc) is 3.15. The van der Waals surface area contributed by atoms with Crippen LogP contribution in [0.25, 0.3) is 0 Å². The molecule has 140 valence electrons. The lowest BCUT2D eigenvalue weighted by Gasteiger charge is -2.31. The fraction of sp³-hybridized carbons (Fsp3) is 0.500. The van der Waals surface area contributed by atoms with Gasteiger partial charge in [0.1, 0.15) is 18.1 Å². The Labute approximate surface area is 154 Å². The van der Waals surface area contributed by atoms with Gasteiger partial charge in [0.25, 0.3) is 0 Å². The van der Waals surface area contributed by atoms with Crippen molar-refractivity contribution < 1.29 is 18.7 Å². The highest BCUT2D eigenvalue weighted by atomic mass is 16.5. The Morgan fingerprint density at radius 1 is 1.35 bits per heavy atom. The van der Waals surface area contributed by atoms with E-state index in [1.165, 1.54) is 0 Å². The van der Waals surface area contributed by atoms with Crippen LogP contribution in [0.2, 0.25) is 0 Å². The third kappa shape index (κ3) is 4.64. The number of rotatable bonds is 7. The summed E-state index contributed by atoms with van der Waals surface area (Å²) < 4.78 is 16.4. The van der Waals surface area contributed by atoms with Crippen LogP contribution < -0.4 is 4.74 Å². The van der Waals surface area contributed by atoms with Gasteiger partial charge in [-0.25, -0.2) is 4.98 Å². The van der Waals surface area contributed by atoms with Crippen molar-refractivity contribution in [3.05, 3.63) is 47.7 Å². The minimum Gasteiger partial charge on any atom is -0.497 e. The van der Waals surface area contributed by atoms with Gasteiger partial charge in [-0.15, -0.1) is 0 Å². The number of hydrogen-bond acceptors (Lipinski definition) is 5. The summed E-state index contributed by atoms with van der Waals surface area (Å²) in [6.07, 6.45) is 4.43. The lowest BCUT2D eigenvalue weighted by Crippen LogP contribution is -2.41. The Bertz CT molecular complexity index is 711. The van der Waals surface area contributed by atoms with E-state index in [0.29, 0.717) is 19.6 Å². The molecule has 2 aromatic rings. The largest absolute Gasteiger partial charge is 0.497 e. The van der Waals surface area contributed by atoms with Crippen LogP contribution in [0.4, 0.5) is 0 Å². The predicted molar refractivity (Wildman–Crippen MR) is 97.4 cm³/mol. The number of piperidine rings is 1. The van der Waals surface area contributed by atoms with E-state index in [-0.39, 0.29) is 18.4 Å². The second-order valence-corrected chi connectivity index (χ2v) is 6.51. The number of ether oxygens (including phenoxy) is 2. The van der Waals surface area contributed by atoms with Gasteiger partial charge < -0.3 is 18.8 Å². The average molecular weight is 358 g/mol. The number of hydrogen-bond donors (Lipinski definition) is 0. The van der Waals surface area contributed by atoms with E-state index in [1.807, 2.05) is 36.1 Å². The molecule has 0 aliphatic carbocycles. The van der Waals surface area contributed by atoms with Crippen molar-refractivity contribution in [2.24, 2.45) is 0 Å². The maximum atomic E-state index is 12.2. The minimum absolute atomic E-state index is 0.0431. The number of methoxy groups -OCH3 is 1. The maximum absolute atomic E-state index is 12.2. The molecule has 0 N–H and O–H groups in total. The molecule has 1 aliphatic heterocycles. The molecule has 1 saturated heterocycles. The quantitative estimate of drug-likeness (QED) is 0.761. The lowest BCUT2D eigenvalue weighted by atomic mass is 9.98. The number of carbonyl (C=O) groups excluding carboxylic acids is 1. The monoisotopic (exact) mass is 358 g/mol. The van der Waals surface area contributed by atoms with Gasteiger partial charge in [0.2, 0.25) is 5.91 Å². The van der Waals surface area contributed by atoms with Gasteiger partial charge in [-0.2, -0.15) is 0 Å². The van der Waals surface area contributed by atoms with E-state index in [0.717, 1.165) is 42.4 Å². The Balaban J connectivity index is 1.60. The molecule has 1 aromatic heterocycles. The first-order chi connectivity index (χ1) is 12.7. The molecule has 1 aliphatic rings. The summed E-state index contributed by atoms with van der Waals surface area (Å²) in [5.41, 5.74) is 1.14. The number of likely N-dealkylation sites (tertiary alicyclic amines) is 1. The zero-order chi connectivity index (χ0) is 18.4. The van der Waals surface area contributed by atoms with Crippen molar-refractivity contribution in [1.29, 1.82) is 0 Å². The molecule has 0 spiro atoms. The molecular formula is C20H26N2O4. The Hall–Kier alpha value is -2.34. The van der Waals surface area contributed by atoms with Crippen LogP contribution in [0.5, 0.6) is 5.75 Å². The number of nitrogens with zero attached hydrogens (tertiary/aromatic N) is 2. The fourth-order valence-electron chi connectivity index (χ4n) is 3.22. The second kappa shape index (κ2) is 8.85. The third-order valence-corrected chi connectivity index (χ3v) is 4.66. The Morgan fingerprint density at radius 3 is 2.88 bits per heavy atom. The summed E-state index contributed by atoms with van der Waals surface area (Å²) in [6, 6.07) is 7.93. The predicted octanol–water partition coefficient (Wildman–Crippen LogP) is 3.02. The van der Waals surface area contributed by atoms with E-state index in [4.69, 9.17) is 13.9 Å². The SMILES string of the molecule is CCOCC(=O)N1CCC[C@@H](c2ncc(Cc3ccc(OC)cc3)o2)C1. The van der Waals surface area contributed by atoms with E-state index in [1.54, 1.807) is 13.3 Å². The zero-order valence-corrected chi connectivity index (χ0v) is 15.4. The second-order valence-electron chi connectivity index (χ2n) is 6.51. The zero-order valence-electron chi connectivity index (χ0n) is 15.4. The van der Waals surface area contributed by atoms with Crippen LogP contribution in [-0.4, -0.2) is 49.2 Å². The maximum Gasteiger partial charge on any atom is 0.248 e. The van der Waals surface area contributed by atoms with Crippen molar-refractivity contribution in [1.82, 2.24) is 9.88 Å². The van der Waals surface area contributed by atoms with Crippen molar-refractivity contribution in [3.8, 4) is 5.75 Å². The molecule has 6 heteroatoms. The van der Waals surface area contributed by atoms with Gasteiger partial charge in [-0.1, -0.05) is 12.1 Å². The molecule has 0 saturated carbocycles. The van der Waals surface area contributed by atoms with Gasteiger partial charge >= 0.3 is 0 Å². The molecule has 0 radical (unpaired) electrons. The van der Waals surface area contributed by atoms with Crippen LogP contribution in [-0.2, 0) is 16.0 Å². The number of oxazole rings is 1. The highest BCUT2D eigenvalue weighted by Crippen LogP contribution is 2.27. The van der Waals surface area contributed by atoms with Crippen molar-refractivity contribution >= 4 is 5.91 Å². The highest BCUT2D eigenvalue weighted by Gasteiger charge is 2.27. The normalized spacial score (nSPS) is 17.3. The molecule has 0 unspecified atom stereocenters. The molecule has 26 heavy (non-hydrogen) atoms. The number of carbonyl (C=O) groups is 1. The molecule has 1 fully saturated rings. The summed E-state index contributed by atoms with van der Waals surface area (Å²) in [5.74, 6) is 2.59. The summed E-state index contributed by atoms with van der Waals surface area (Å²) in [5, 5.41) is 0. The molecule has 6 nitrogen and oxygen atoms in total. The Kier molecular flexibility index (Phi) is 6.28. The summed E-state index contributed by atoms with van der Waals surface area (Å²) in [7, 11) is 1.66.